The summed E-state index contributed by atoms with van der Waals surface area (Å²) in [6, 6.07) is 6.24. The number of aromatic nitrogens is 5. The van der Waals surface area contributed by atoms with Crippen molar-refractivity contribution in [1.29, 1.82) is 0 Å². The van der Waals surface area contributed by atoms with Gasteiger partial charge in [-0.3, -0.25) is 24.6 Å². The summed E-state index contributed by atoms with van der Waals surface area (Å²) < 4.78 is 23.2. The molecule has 0 spiro atoms. The number of halogens is 2. The zero-order valence-electron chi connectivity index (χ0n) is 17.6. The monoisotopic (exact) mass is 488 g/mol. The number of rotatable bonds is 7. The molecular weight excluding hydrogens is 471 g/mol. The van der Waals surface area contributed by atoms with Crippen LogP contribution < -0.4 is 14.9 Å². The van der Waals surface area contributed by atoms with E-state index in [4.69, 9.17) is 16.3 Å². The molecule has 0 saturated heterocycles. The van der Waals surface area contributed by atoms with Crippen LogP contribution in [0, 0.1) is 12.7 Å². The van der Waals surface area contributed by atoms with Gasteiger partial charge in [-0.05, 0) is 42.5 Å². The maximum absolute atomic E-state index is 15.0. The number of hydrogen-bond acceptors (Lipinski definition) is 7. The molecule has 1 amide bonds. The first kappa shape index (κ1) is 22.6. The highest BCUT2D eigenvalue weighted by Crippen LogP contribution is 2.38. The summed E-state index contributed by atoms with van der Waals surface area (Å²) in [6.45, 7) is 2.45. The van der Waals surface area contributed by atoms with E-state index in [0.29, 0.717) is 12.2 Å². The highest BCUT2D eigenvalue weighted by molar-refractivity contribution is 7.13. The summed E-state index contributed by atoms with van der Waals surface area (Å²) in [5, 5.41) is 10.8. The van der Waals surface area contributed by atoms with E-state index in [2.05, 4.69) is 20.5 Å². The van der Waals surface area contributed by atoms with Crippen molar-refractivity contribution in [3.8, 4) is 16.9 Å². The van der Waals surface area contributed by atoms with Gasteiger partial charge in [0.05, 0.1) is 36.3 Å². The Kier molecular flexibility index (Phi) is 6.52. The molecule has 3 aromatic heterocycles. The van der Waals surface area contributed by atoms with E-state index < -0.39 is 11.7 Å². The first-order chi connectivity index (χ1) is 15.9. The molecule has 0 aliphatic heterocycles. The Balaban J connectivity index is 1.64. The third-order valence-corrected chi connectivity index (χ3v) is 5.81. The van der Waals surface area contributed by atoms with Gasteiger partial charge in [0.2, 0.25) is 5.13 Å². The largest absolute Gasteiger partial charge is 0.496 e. The number of carbonyl (C=O) groups excluding carboxylic acids is 1. The average Bonchev–Trinajstić information content (AvgIpc) is 3.43. The molecule has 0 fully saturated rings. The predicted molar refractivity (Wildman–Crippen MR) is 122 cm³/mol. The first-order valence-corrected chi connectivity index (χ1v) is 10.9. The minimum absolute atomic E-state index is 0.0404. The normalized spacial score (nSPS) is 10.9. The highest BCUT2D eigenvalue weighted by Gasteiger charge is 2.23. The second-order valence-corrected chi connectivity index (χ2v) is 8.28. The Morgan fingerprint density at radius 2 is 2.15 bits per heavy atom. The lowest BCUT2D eigenvalue weighted by molar-refractivity contribution is 0.102. The van der Waals surface area contributed by atoms with Crippen molar-refractivity contribution in [3.05, 3.63) is 74.6 Å². The van der Waals surface area contributed by atoms with E-state index in [-0.39, 0.29) is 44.0 Å². The Labute approximate surface area is 196 Å². The van der Waals surface area contributed by atoms with Gasteiger partial charge in [0.15, 0.2) is 5.82 Å². The van der Waals surface area contributed by atoms with Crippen molar-refractivity contribution in [1.82, 2.24) is 24.5 Å². The van der Waals surface area contributed by atoms with Crippen LogP contribution in [0.4, 0.5) is 9.52 Å². The molecule has 0 aliphatic carbocycles. The van der Waals surface area contributed by atoms with E-state index >= 15 is 0 Å². The third kappa shape index (κ3) is 4.78. The van der Waals surface area contributed by atoms with Gasteiger partial charge in [0.25, 0.3) is 5.91 Å². The van der Waals surface area contributed by atoms with Crippen LogP contribution in [-0.4, -0.2) is 37.6 Å². The lowest BCUT2D eigenvalue weighted by Crippen LogP contribution is -2.19. The number of amides is 1. The van der Waals surface area contributed by atoms with Crippen molar-refractivity contribution >= 4 is 34.0 Å². The van der Waals surface area contributed by atoms with Gasteiger partial charge in [-0.25, -0.2) is 9.07 Å². The molecule has 1 N–H and O–H groups in total. The van der Waals surface area contributed by atoms with Gasteiger partial charge in [0.1, 0.15) is 5.75 Å². The average molecular weight is 489 g/mol. The Morgan fingerprint density at radius 1 is 1.33 bits per heavy atom. The Morgan fingerprint density at radius 3 is 2.88 bits per heavy atom. The van der Waals surface area contributed by atoms with E-state index in [1.54, 1.807) is 36.1 Å². The molecular formula is C21H18ClFN6O3S. The van der Waals surface area contributed by atoms with Gasteiger partial charge in [-0.15, -0.1) is 5.10 Å². The van der Waals surface area contributed by atoms with Gasteiger partial charge < -0.3 is 4.74 Å². The van der Waals surface area contributed by atoms with Gasteiger partial charge in [-0.2, -0.15) is 5.10 Å². The number of carbonyl (C=O) groups is 1. The summed E-state index contributed by atoms with van der Waals surface area (Å²) in [4.78, 5) is 29.2. The summed E-state index contributed by atoms with van der Waals surface area (Å²) in [7, 11) is 1.40. The van der Waals surface area contributed by atoms with Crippen LogP contribution in [0.1, 0.15) is 16.1 Å². The fourth-order valence-corrected chi connectivity index (χ4v) is 4.04. The Hall–Kier alpha value is -3.57. The molecule has 0 radical (unpaired) electrons. The quantitative estimate of drug-likeness (QED) is 0.426. The molecule has 170 valence electrons. The SMILES string of the molecule is COc1ccc(Cl)c(F)c1-c1cc(C)ncc1C(=O)Nc1nn(CCn2cccn2)c(=O)s1. The molecule has 1 aromatic carbocycles. The number of aryl methyl sites for hydroxylation is 3. The molecule has 4 aromatic rings. The van der Waals surface area contributed by atoms with Crippen LogP contribution in [0.25, 0.3) is 11.1 Å². The number of ether oxygens (including phenoxy) is 1. The minimum Gasteiger partial charge on any atom is -0.496 e. The van der Waals surface area contributed by atoms with E-state index in [9.17, 15) is 14.0 Å². The van der Waals surface area contributed by atoms with Gasteiger partial charge in [-0.1, -0.05) is 11.6 Å². The second kappa shape index (κ2) is 9.51. The molecule has 12 heteroatoms. The standard InChI is InChI=1S/C21H18ClFN6O3S/c1-12-10-13(17-16(32-2)5-4-15(22)18(17)23)14(11-24-12)19(30)26-20-27-29(21(31)33-20)9-8-28-7-3-6-25-28/h3-7,10-11H,8-9H2,1-2H3,(H,26,27,30). The van der Waals surface area contributed by atoms with Crippen molar-refractivity contribution in [2.24, 2.45) is 0 Å². The topological polar surface area (TPSA) is 104 Å². The van der Waals surface area contributed by atoms with E-state index in [0.717, 1.165) is 11.3 Å². The van der Waals surface area contributed by atoms with Crippen molar-refractivity contribution in [2.75, 3.05) is 12.4 Å². The summed E-state index contributed by atoms with van der Waals surface area (Å²) >= 11 is 6.77. The first-order valence-electron chi connectivity index (χ1n) is 9.73. The minimum atomic E-state index is -0.719. The number of nitrogens with one attached hydrogen (secondary N) is 1. The number of hydrogen-bond donors (Lipinski definition) is 1. The fraction of sp³-hybridized carbons (Fsp3) is 0.190. The second-order valence-electron chi connectivity index (χ2n) is 6.93. The van der Waals surface area contributed by atoms with Crippen molar-refractivity contribution in [3.63, 3.8) is 0 Å². The number of methoxy groups -OCH3 is 1. The van der Waals surface area contributed by atoms with E-state index in [1.807, 2.05) is 0 Å². The fourth-order valence-electron chi connectivity index (χ4n) is 3.19. The van der Waals surface area contributed by atoms with Crippen molar-refractivity contribution in [2.45, 2.75) is 20.0 Å². The number of pyridine rings is 1. The zero-order valence-corrected chi connectivity index (χ0v) is 19.2. The molecule has 3 heterocycles. The Bertz CT molecular complexity index is 1370. The van der Waals surface area contributed by atoms with Crippen LogP contribution in [0.2, 0.25) is 5.02 Å². The third-order valence-electron chi connectivity index (χ3n) is 4.76. The number of benzene rings is 1. The number of nitrogens with zero attached hydrogens (tertiary/aromatic N) is 5. The molecule has 4 rings (SSSR count). The molecule has 9 nitrogen and oxygen atoms in total. The smallest absolute Gasteiger partial charge is 0.326 e. The molecule has 33 heavy (non-hydrogen) atoms. The zero-order chi connectivity index (χ0) is 23.5. The van der Waals surface area contributed by atoms with Crippen LogP contribution in [0.15, 0.2) is 47.7 Å². The van der Waals surface area contributed by atoms with Crippen LogP contribution in [0.5, 0.6) is 5.75 Å². The summed E-state index contributed by atoms with van der Waals surface area (Å²) in [5.74, 6) is -1.11. The lowest BCUT2D eigenvalue weighted by atomic mass is 9.98. The van der Waals surface area contributed by atoms with E-state index in [1.165, 1.54) is 30.1 Å². The summed E-state index contributed by atoms with van der Waals surface area (Å²) in [5.41, 5.74) is 0.933. The highest BCUT2D eigenvalue weighted by atomic mass is 35.5. The molecule has 0 bridgehead atoms. The summed E-state index contributed by atoms with van der Waals surface area (Å²) in [6.07, 6.45) is 4.74. The molecule has 0 aliphatic rings. The van der Waals surface area contributed by atoms with Gasteiger partial charge >= 0.3 is 4.87 Å². The van der Waals surface area contributed by atoms with Crippen molar-refractivity contribution < 1.29 is 13.9 Å². The van der Waals surface area contributed by atoms with Gasteiger partial charge in [0, 0.05) is 29.8 Å². The lowest BCUT2D eigenvalue weighted by Gasteiger charge is -2.14. The van der Waals surface area contributed by atoms with Crippen LogP contribution >= 0.6 is 22.9 Å². The molecule has 0 saturated carbocycles. The predicted octanol–water partition coefficient (Wildman–Crippen LogP) is 3.63. The van der Waals surface area contributed by atoms with Crippen LogP contribution in [-0.2, 0) is 13.1 Å². The maximum atomic E-state index is 15.0. The maximum Gasteiger partial charge on any atom is 0.326 e. The number of anilines is 1. The molecule has 0 atom stereocenters. The van der Waals surface area contributed by atoms with Crippen LogP contribution in [0.3, 0.4) is 0 Å². The molecule has 0 unspecified atom stereocenters.